The lowest BCUT2D eigenvalue weighted by Gasteiger charge is -2.10. The van der Waals surface area contributed by atoms with Crippen LogP contribution in [0.4, 0.5) is 0 Å². The Morgan fingerprint density at radius 1 is 1.58 bits per heavy atom. The minimum atomic E-state index is -0.223. The molecule has 6 heteroatoms. The molecule has 1 aliphatic rings. The topological polar surface area (TPSA) is 55.6 Å². The third-order valence-corrected chi connectivity index (χ3v) is 3.48. The second-order valence-corrected chi connectivity index (χ2v) is 4.88. The number of pyridine rings is 1. The van der Waals surface area contributed by atoms with Gasteiger partial charge in [0.2, 0.25) is 0 Å². The number of fused-ring (bicyclic) bond motifs is 1. The Kier molecular flexibility index (Phi) is 3.40. The number of carbonyl (C=O) groups is 1. The summed E-state index contributed by atoms with van der Waals surface area (Å²) in [5.41, 5.74) is 1.03. The third-order valence-electron chi connectivity index (χ3n) is 3.22. The highest BCUT2D eigenvalue weighted by Crippen LogP contribution is 2.17. The van der Waals surface area contributed by atoms with Crippen LogP contribution in [0, 0.1) is 0 Å². The highest BCUT2D eigenvalue weighted by atomic mass is 35.5. The number of hydrogen-bond acceptors (Lipinski definition) is 3. The van der Waals surface area contributed by atoms with E-state index < -0.39 is 0 Å². The zero-order chi connectivity index (χ0) is 13.2. The normalized spacial score (nSPS) is 18.9. The molecule has 100 valence electrons. The first kappa shape index (κ1) is 12.4. The fraction of sp³-hybridized carbons (Fsp3) is 0.385. The van der Waals surface area contributed by atoms with Gasteiger partial charge in [-0.1, -0.05) is 17.7 Å². The van der Waals surface area contributed by atoms with E-state index in [2.05, 4.69) is 10.3 Å². The SMILES string of the molecule is O=C(NC[C@H]1CCCO1)c1c(Cl)nc2ccccn12. The van der Waals surface area contributed by atoms with Crippen LogP contribution in [0.3, 0.4) is 0 Å². The van der Waals surface area contributed by atoms with Crippen molar-refractivity contribution in [3.05, 3.63) is 35.2 Å². The Morgan fingerprint density at radius 2 is 2.47 bits per heavy atom. The summed E-state index contributed by atoms with van der Waals surface area (Å²) in [6.45, 7) is 1.28. The largest absolute Gasteiger partial charge is 0.376 e. The van der Waals surface area contributed by atoms with Gasteiger partial charge in [0.15, 0.2) is 10.8 Å². The van der Waals surface area contributed by atoms with Crippen molar-refractivity contribution in [2.24, 2.45) is 0 Å². The molecule has 1 saturated heterocycles. The number of ether oxygens (including phenoxy) is 1. The van der Waals surface area contributed by atoms with Crippen LogP contribution < -0.4 is 5.32 Å². The van der Waals surface area contributed by atoms with E-state index in [0.29, 0.717) is 17.9 Å². The summed E-state index contributed by atoms with van der Waals surface area (Å²) in [5.74, 6) is -0.223. The third kappa shape index (κ3) is 2.43. The average molecular weight is 280 g/mol. The first-order valence-electron chi connectivity index (χ1n) is 6.28. The Labute approximate surface area is 115 Å². The molecule has 1 fully saturated rings. The van der Waals surface area contributed by atoms with Gasteiger partial charge in [-0.3, -0.25) is 9.20 Å². The predicted molar refractivity (Wildman–Crippen MR) is 71.5 cm³/mol. The van der Waals surface area contributed by atoms with Crippen molar-refractivity contribution >= 4 is 23.2 Å². The van der Waals surface area contributed by atoms with Crippen molar-refractivity contribution in [3.63, 3.8) is 0 Å². The number of imidazole rings is 1. The number of rotatable bonds is 3. The highest BCUT2D eigenvalue weighted by Gasteiger charge is 2.20. The maximum atomic E-state index is 12.2. The molecule has 1 aliphatic heterocycles. The summed E-state index contributed by atoms with van der Waals surface area (Å²) in [7, 11) is 0. The van der Waals surface area contributed by atoms with Gasteiger partial charge in [0, 0.05) is 19.3 Å². The van der Waals surface area contributed by atoms with E-state index in [1.165, 1.54) is 0 Å². The Morgan fingerprint density at radius 3 is 3.26 bits per heavy atom. The van der Waals surface area contributed by atoms with Crippen molar-refractivity contribution in [3.8, 4) is 0 Å². The lowest BCUT2D eigenvalue weighted by atomic mass is 10.2. The molecule has 2 aromatic heterocycles. The van der Waals surface area contributed by atoms with Crippen LogP contribution in [0.25, 0.3) is 5.65 Å². The number of aromatic nitrogens is 2. The van der Waals surface area contributed by atoms with Crippen LogP contribution in [-0.4, -0.2) is 34.5 Å². The lowest BCUT2D eigenvalue weighted by molar-refractivity contribution is 0.0853. The molecular weight excluding hydrogens is 266 g/mol. The van der Waals surface area contributed by atoms with Gasteiger partial charge in [-0.15, -0.1) is 0 Å². The smallest absolute Gasteiger partial charge is 0.271 e. The van der Waals surface area contributed by atoms with Gasteiger partial charge in [-0.05, 0) is 25.0 Å². The molecule has 0 spiro atoms. The van der Waals surface area contributed by atoms with E-state index in [1.54, 1.807) is 10.6 Å². The van der Waals surface area contributed by atoms with Crippen LogP contribution >= 0.6 is 11.6 Å². The van der Waals surface area contributed by atoms with Crippen LogP contribution in [0.15, 0.2) is 24.4 Å². The lowest BCUT2D eigenvalue weighted by Crippen LogP contribution is -2.32. The summed E-state index contributed by atoms with van der Waals surface area (Å²) in [6, 6.07) is 5.50. The molecule has 3 heterocycles. The maximum absolute atomic E-state index is 12.2. The minimum Gasteiger partial charge on any atom is -0.376 e. The van der Waals surface area contributed by atoms with Crippen molar-refractivity contribution in [1.82, 2.24) is 14.7 Å². The van der Waals surface area contributed by atoms with Crippen molar-refractivity contribution in [2.75, 3.05) is 13.2 Å². The van der Waals surface area contributed by atoms with E-state index in [-0.39, 0.29) is 17.2 Å². The quantitative estimate of drug-likeness (QED) is 0.934. The average Bonchev–Trinajstić information content (AvgIpc) is 3.02. The maximum Gasteiger partial charge on any atom is 0.271 e. The summed E-state index contributed by atoms with van der Waals surface area (Å²) < 4.78 is 7.16. The molecule has 0 radical (unpaired) electrons. The van der Waals surface area contributed by atoms with Gasteiger partial charge in [0.1, 0.15) is 5.65 Å². The minimum absolute atomic E-state index is 0.113. The van der Waals surface area contributed by atoms with Crippen molar-refractivity contribution in [2.45, 2.75) is 18.9 Å². The fourth-order valence-corrected chi connectivity index (χ4v) is 2.53. The molecule has 3 rings (SSSR count). The molecule has 2 aromatic rings. The summed E-state index contributed by atoms with van der Waals surface area (Å²) >= 11 is 6.03. The van der Waals surface area contributed by atoms with Gasteiger partial charge in [-0.2, -0.15) is 0 Å². The van der Waals surface area contributed by atoms with Crippen molar-refractivity contribution in [1.29, 1.82) is 0 Å². The highest BCUT2D eigenvalue weighted by molar-refractivity contribution is 6.32. The second kappa shape index (κ2) is 5.19. The van der Waals surface area contributed by atoms with Gasteiger partial charge >= 0.3 is 0 Å². The molecule has 0 aromatic carbocycles. The van der Waals surface area contributed by atoms with Crippen molar-refractivity contribution < 1.29 is 9.53 Å². The second-order valence-electron chi connectivity index (χ2n) is 4.53. The zero-order valence-corrected chi connectivity index (χ0v) is 11.1. The number of nitrogens with one attached hydrogen (secondary N) is 1. The van der Waals surface area contributed by atoms with E-state index in [1.807, 2.05) is 18.2 Å². The van der Waals surface area contributed by atoms with E-state index in [4.69, 9.17) is 16.3 Å². The number of carbonyl (C=O) groups excluding carboxylic acids is 1. The van der Waals surface area contributed by atoms with Crippen LogP contribution in [0.2, 0.25) is 5.15 Å². The first-order chi connectivity index (χ1) is 9.25. The Balaban J connectivity index is 1.79. The molecule has 0 bridgehead atoms. The van der Waals surface area contributed by atoms with E-state index >= 15 is 0 Å². The number of halogens is 1. The van der Waals surface area contributed by atoms with Crippen LogP contribution in [0.1, 0.15) is 23.3 Å². The summed E-state index contributed by atoms with van der Waals surface area (Å²) in [6.07, 6.45) is 3.93. The van der Waals surface area contributed by atoms with Gasteiger partial charge in [0.05, 0.1) is 6.10 Å². The fourth-order valence-electron chi connectivity index (χ4n) is 2.27. The summed E-state index contributed by atoms with van der Waals surface area (Å²) in [4.78, 5) is 16.3. The van der Waals surface area contributed by atoms with Gasteiger partial charge in [-0.25, -0.2) is 4.98 Å². The Bertz CT molecular complexity index is 605. The van der Waals surface area contributed by atoms with Crippen LogP contribution in [0.5, 0.6) is 0 Å². The van der Waals surface area contributed by atoms with Gasteiger partial charge in [0.25, 0.3) is 5.91 Å². The molecule has 1 atom stereocenters. The van der Waals surface area contributed by atoms with Crippen LogP contribution in [-0.2, 0) is 4.74 Å². The molecular formula is C13H14ClN3O2. The molecule has 5 nitrogen and oxygen atoms in total. The first-order valence-corrected chi connectivity index (χ1v) is 6.66. The molecule has 1 N–H and O–H groups in total. The van der Waals surface area contributed by atoms with E-state index in [9.17, 15) is 4.79 Å². The molecule has 1 amide bonds. The zero-order valence-electron chi connectivity index (χ0n) is 10.3. The summed E-state index contributed by atoms with van der Waals surface area (Å²) in [5, 5.41) is 3.07. The molecule has 0 saturated carbocycles. The van der Waals surface area contributed by atoms with E-state index in [0.717, 1.165) is 19.4 Å². The predicted octanol–water partition coefficient (Wildman–Crippen LogP) is 1.90. The molecule has 0 unspecified atom stereocenters. The Hall–Kier alpha value is -1.59. The standard InChI is InChI=1S/C13H14ClN3O2/c14-12-11(17-6-2-1-5-10(17)16-12)13(18)15-8-9-4-3-7-19-9/h1-2,5-6,9H,3-4,7-8H2,(H,15,18)/t9-/m1/s1. The number of amides is 1. The molecule has 19 heavy (non-hydrogen) atoms. The number of hydrogen-bond donors (Lipinski definition) is 1. The molecule has 0 aliphatic carbocycles. The van der Waals surface area contributed by atoms with Gasteiger partial charge < -0.3 is 10.1 Å². The monoisotopic (exact) mass is 279 g/mol. The number of nitrogens with zero attached hydrogens (tertiary/aromatic N) is 2.